The second kappa shape index (κ2) is 5.24. The second-order valence-electron chi connectivity index (χ2n) is 5.90. The maximum atomic E-state index is 11.9. The Morgan fingerprint density at radius 3 is 2.30 bits per heavy atom. The van der Waals surface area contributed by atoms with Gasteiger partial charge in [-0.2, -0.15) is 5.10 Å². The van der Waals surface area contributed by atoms with Gasteiger partial charge in [0.2, 0.25) is 0 Å². The zero-order chi connectivity index (χ0) is 14.9. The van der Waals surface area contributed by atoms with Gasteiger partial charge in [0.25, 0.3) is 0 Å². The second-order valence-corrected chi connectivity index (χ2v) is 10.9. The number of hydrogen-bond acceptors (Lipinski definition) is 3. The van der Waals surface area contributed by atoms with E-state index in [-0.39, 0.29) is 5.97 Å². The van der Waals surface area contributed by atoms with Gasteiger partial charge in [0.15, 0.2) is 5.69 Å². The Balaban J connectivity index is 2.58. The molecule has 4 nitrogen and oxygen atoms in total. The van der Waals surface area contributed by atoms with Crippen LogP contribution in [0.1, 0.15) is 16.1 Å². The zero-order valence-corrected chi connectivity index (χ0v) is 13.6. The SMILES string of the molecule is COC(=O)c1cc([Si](C)(C)C)nn1-c1ccc(C)cc1. The molecule has 1 aromatic heterocycles. The van der Waals surface area contributed by atoms with Crippen molar-refractivity contribution in [1.29, 1.82) is 0 Å². The molecule has 0 unspecified atom stereocenters. The van der Waals surface area contributed by atoms with E-state index in [4.69, 9.17) is 4.74 Å². The van der Waals surface area contributed by atoms with E-state index >= 15 is 0 Å². The van der Waals surface area contributed by atoms with Gasteiger partial charge >= 0.3 is 5.97 Å². The number of benzene rings is 1. The molecule has 0 aliphatic heterocycles. The van der Waals surface area contributed by atoms with Crippen LogP contribution in [0.4, 0.5) is 0 Å². The first kappa shape index (κ1) is 14.5. The van der Waals surface area contributed by atoms with Crippen LogP contribution in [0.3, 0.4) is 0 Å². The largest absolute Gasteiger partial charge is 0.464 e. The maximum Gasteiger partial charge on any atom is 0.356 e. The van der Waals surface area contributed by atoms with Crippen molar-refractivity contribution in [3.8, 4) is 5.69 Å². The van der Waals surface area contributed by atoms with E-state index in [2.05, 4.69) is 24.7 Å². The predicted octanol–water partition coefficient (Wildman–Crippen LogP) is 2.51. The highest BCUT2D eigenvalue weighted by Gasteiger charge is 2.25. The molecule has 0 spiro atoms. The Hall–Kier alpha value is -1.88. The standard InChI is InChI=1S/C15H20N2O2Si/c1-11-6-8-12(9-7-11)17-13(15(18)19-2)10-14(16-17)20(3,4)5/h6-10H,1-5H3. The Morgan fingerprint density at radius 1 is 1.20 bits per heavy atom. The Morgan fingerprint density at radius 2 is 1.80 bits per heavy atom. The van der Waals surface area contributed by atoms with Crippen molar-refractivity contribution in [2.24, 2.45) is 0 Å². The van der Waals surface area contributed by atoms with Crippen molar-refractivity contribution >= 4 is 19.4 Å². The smallest absolute Gasteiger partial charge is 0.356 e. The van der Waals surface area contributed by atoms with Gasteiger partial charge in [0, 0.05) is 5.32 Å². The average Bonchev–Trinajstić information content (AvgIpc) is 2.83. The Labute approximate surface area is 120 Å². The summed E-state index contributed by atoms with van der Waals surface area (Å²) in [5.41, 5.74) is 2.53. The van der Waals surface area contributed by atoms with E-state index in [1.54, 1.807) is 4.68 Å². The van der Waals surface area contributed by atoms with Crippen molar-refractivity contribution in [3.05, 3.63) is 41.6 Å². The van der Waals surface area contributed by atoms with E-state index < -0.39 is 8.07 Å². The van der Waals surface area contributed by atoms with E-state index in [1.807, 2.05) is 37.3 Å². The number of esters is 1. The van der Waals surface area contributed by atoms with Crippen LogP contribution in [0.5, 0.6) is 0 Å². The number of rotatable bonds is 3. The summed E-state index contributed by atoms with van der Waals surface area (Å²) in [6.07, 6.45) is 0. The minimum Gasteiger partial charge on any atom is -0.464 e. The summed E-state index contributed by atoms with van der Waals surface area (Å²) >= 11 is 0. The van der Waals surface area contributed by atoms with Crippen molar-refractivity contribution in [1.82, 2.24) is 9.78 Å². The third-order valence-corrected chi connectivity index (χ3v) is 4.93. The summed E-state index contributed by atoms with van der Waals surface area (Å²) in [6, 6.07) is 9.79. The lowest BCUT2D eigenvalue weighted by Crippen LogP contribution is -2.39. The number of aromatic nitrogens is 2. The molecule has 2 aromatic rings. The molecule has 20 heavy (non-hydrogen) atoms. The van der Waals surface area contributed by atoms with E-state index in [1.165, 1.54) is 12.7 Å². The first-order chi connectivity index (χ1) is 9.32. The zero-order valence-electron chi connectivity index (χ0n) is 12.6. The number of nitrogens with zero attached hydrogens (tertiary/aromatic N) is 2. The summed E-state index contributed by atoms with van der Waals surface area (Å²) in [6.45, 7) is 8.64. The molecule has 2 rings (SSSR count). The average molecular weight is 288 g/mol. The molecule has 0 saturated heterocycles. The van der Waals surface area contributed by atoms with Crippen LogP contribution >= 0.6 is 0 Å². The molecular weight excluding hydrogens is 268 g/mol. The van der Waals surface area contributed by atoms with Gasteiger partial charge in [-0.25, -0.2) is 9.48 Å². The number of ether oxygens (including phenoxy) is 1. The molecule has 0 fully saturated rings. The van der Waals surface area contributed by atoms with Crippen molar-refractivity contribution in [2.75, 3.05) is 7.11 Å². The fourth-order valence-corrected chi connectivity index (χ4v) is 2.85. The fraction of sp³-hybridized carbons (Fsp3) is 0.333. The van der Waals surface area contributed by atoms with Crippen LogP contribution in [-0.4, -0.2) is 30.9 Å². The quantitative estimate of drug-likeness (QED) is 0.644. The number of hydrogen-bond donors (Lipinski definition) is 0. The third-order valence-electron chi connectivity index (χ3n) is 3.15. The van der Waals surface area contributed by atoms with E-state index in [0.717, 1.165) is 11.0 Å². The lowest BCUT2D eigenvalue weighted by molar-refractivity contribution is 0.0590. The molecule has 0 atom stereocenters. The number of carbonyl (C=O) groups excluding carboxylic acids is 1. The van der Waals surface area contributed by atoms with Gasteiger partial charge in [-0.1, -0.05) is 37.3 Å². The fourth-order valence-electron chi connectivity index (χ4n) is 1.88. The molecule has 0 aliphatic rings. The highest BCUT2D eigenvalue weighted by Crippen LogP contribution is 2.13. The van der Waals surface area contributed by atoms with Gasteiger partial charge in [0.05, 0.1) is 12.8 Å². The lowest BCUT2D eigenvalue weighted by atomic mass is 10.2. The summed E-state index contributed by atoms with van der Waals surface area (Å²) in [7, 11) is -0.194. The minimum absolute atomic E-state index is 0.359. The van der Waals surface area contributed by atoms with E-state index in [9.17, 15) is 4.79 Å². The molecule has 0 bridgehead atoms. The van der Waals surface area contributed by atoms with Gasteiger partial charge in [-0.15, -0.1) is 0 Å². The molecule has 106 valence electrons. The van der Waals surface area contributed by atoms with Crippen LogP contribution < -0.4 is 5.32 Å². The number of carbonyl (C=O) groups is 1. The summed E-state index contributed by atoms with van der Waals surface area (Å²) in [4.78, 5) is 11.9. The normalized spacial score (nSPS) is 11.4. The monoisotopic (exact) mass is 288 g/mol. The predicted molar refractivity (Wildman–Crippen MR) is 82.6 cm³/mol. The van der Waals surface area contributed by atoms with Crippen molar-refractivity contribution in [2.45, 2.75) is 26.6 Å². The molecule has 0 N–H and O–H groups in total. The highest BCUT2D eigenvalue weighted by molar-refractivity contribution is 6.88. The summed E-state index contributed by atoms with van der Waals surface area (Å²) in [5.74, 6) is -0.359. The number of methoxy groups -OCH3 is 1. The number of aryl methyl sites for hydroxylation is 1. The highest BCUT2D eigenvalue weighted by atomic mass is 28.3. The molecular formula is C15H20N2O2Si. The van der Waals surface area contributed by atoms with Crippen LogP contribution in [0.25, 0.3) is 5.69 Å². The van der Waals surface area contributed by atoms with Crippen LogP contribution in [0, 0.1) is 6.92 Å². The van der Waals surface area contributed by atoms with Crippen molar-refractivity contribution < 1.29 is 9.53 Å². The Bertz CT molecular complexity index is 624. The molecule has 0 radical (unpaired) electrons. The summed E-state index contributed by atoms with van der Waals surface area (Å²) < 4.78 is 6.54. The van der Waals surface area contributed by atoms with E-state index in [0.29, 0.717) is 5.69 Å². The molecule has 0 aliphatic carbocycles. The molecule has 0 amide bonds. The first-order valence-electron chi connectivity index (χ1n) is 6.59. The van der Waals surface area contributed by atoms with Crippen LogP contribution in [0.15, 0.2) is 30.3 Å². The van der Waals surface area contributed by atoms with Crippen LogP contribution in [0.2, 0.25) is 19.6 Å². The molecule has 5 heteroatoms. The van der Waals surface area contributed by atoms with Crippen LogP contribution in [-0.2, 0) is 4.74 Å². The molecule has 1 aromatic carbocycles. The van der Waals surface area contributed by atoms with Crippen molar-refractivity contribution in [3.63, 3.8) is 0 Å². The summed E-state index contributed by atoms with van der Waals surface area (Å²) in [5, 5.41) is 5.63. The lowest BCUT2D eigenvalue weighted by Gasteiger charge is -2.11. The maximum absolute atomic E-state index is 11.9. The van der Waals surface area contributed by atoms with Gasteiger partial charge in [-0.05, 0) is 25.1 Å². The molecule has 0 saturated carbocycles. The van der Waals surface area contributed by atoms with Gasteiger partial charge in [0.1, 0.15) is 8.07 Å². The molecule has 1 heterocycles. The van der Waals surface area contributed by atoms with Gasteiger partial charge < -0.3 is 4.74 Å². The topological polar surface area (TPSA) is 44.1 Å². The minimum atomic E-state index is -1.59. The third kappa shape index (κ3) is 2.82. The first-order valence-corrected chi connectivity index (χ1v) is 10.1. The van der Waals surface area contributed by atoms with Gasteiger partial charge in [-0.3, -0.25) is 0 Å². The Kier molecular flexibility index (Phi) is 3.81.